The van der Waals surface area contributed by atoms with Gasteiger partial charge in [-0.25, -0.2) is 9.97 Å². The van der Waals surface area contributed by atoms with E-state index in [1.807, 2.05) is 43.1 Å². The Bertz CT molecular complexity index is 645. The van der Waals surface area contributed by atoms with E-state index in [0.717, 1.165) is 11.5 Å². The number of hydrogen-bond acceptors (Lipinski definition) is 5. The summed E-state index contributed by atoms with van der Waals surface area (Å²) in [5.74, 6) is 2.13. The summed E-state index contributed by atoms with van der Waals surface area (Å²) in [7, 11) is 1.97. The van der Waals surface area contributed by atoms with Crippen LogP contribution in [0.4, 0.5) is 17.3 Å². The molecule has 0 bridgehead atoms. The average molecular weight is 267 g/mol. The van der Waals surface area contributed by atoms with E-state index in [-0.39, 0.29) is 6.54 Å². The summed E-state index contributed by atoms with van der Waals surface area (Å²) in [6, 6.07) is 12.0. The Kier molecular flexibility index (Phi) is 4.16. The van der Waals surface area contributed by atoms with Gasteiger partial charge in [-0.3, -0.25) is 0 Å². The summed E-state index contributed by atoms with van der Waals surface area (Å²) in [6.07, 6.45) is 0. The summed E-state index contributed by atoms with van der Waals surface area (Å²) in [5, 5.41) is 11.6. The first-order valence-electron chi connectivity index (χ1n) is 6.37. The Morgan fingerprint density at radius 3 is 2.70 bits per heavy atom. The molecule has 0 saturated heterocycles. The lowest BCUT2D eigenvalue weighted by atomic mass is 10.2. The minimum atomic E-state index is 0.226. The van der Waals surface area contributed by atoms with E-state index in [0.29, 0.717) is 11.6 Å². The van der Waals surface area contributed by atoms with Crippen molar-refractivity contribution in [3.8, 4) is 6.07 Å². The monoisotopic (exact) mass is 267 g/mol. The number of para-hydroxylation sites is 1. The Labute approximate surface area is 118 Å². The molecule has 0 fully saturated rings. The molecule has 20 heavy (non-hydrogen) atoms. The molecule has 0 radical (unpaired) electrons. The van der Waals surface area contributed by atoms with E-state index < -0.39 is 0 Å². The van der Waals surface area contributed by atoms with Crippen LogP contribution in [0.2, 0.25) is 0 Å². The van der Waals surface area contributed by atoms with Gasteiger partial charge < -0.3 is 10.2 Å². The highest BCUT2D eigenvalue weighted by Crippen LogP contribution is 2.26. The van der Waals surface area contributed by atoms with Crippen LogP contribution in [0.1, 0.15) is 11.4 Å². The van der Waals surface area contributed by atoms with Crippen molar-refractivity contribution in [3.63, 3.8) is 0 Å². The molecule has 0 saturated carbocycles. The number of benzene rings is 1. The van der Waals surface area contributed by atoms with Crippen molar-refractivity contribution in [1.82, 2.24) is 9.97 Å². The fourth-order valence-corrected chi connectivity index (χ4v) is 2.01. The van der Waals surface area contributed by atoms with Gasteiger partial charge in [-0.15, -0.1) is 0 Å². The molecule has 0 aliphatic carbocycles. The predicted molar refractivity (Wildman–Crippen MR) is 80.1 cm³/mol. The van der Waals surface area contributed by atoms with Gasteiger partial charge >= 0.3 is 0 Å². The van der Waals surface area contributed by atoms with Gasteiger partial charge in [0, 0.05) is 18.8 Å². The normalized spacial score (nSPS) is 9.90. The zero-order chi connectivity index (χ0) is 14.5. The van der Waals surface area contributed by atoms with Gasteiger partial charge in [0.2, 0.25) is 0 Å². The lowest BCUT2D eigenvalue weighted by molar-refractivity contribution is 1.01. The van der Waals surface area contributed by atoms with Crippen LogP contribution in [0, 0.1) is 25.2 Å². The van der Waals surface area contributed by atoms with Crippen LogP contribution in [0.25, 0.3) is 0 Å². The largest absolute Gasteiger partial charge is 0.357 e. The number of rotatable bonds is 4. The molecule has 0 amide bonds. The summed E-state index contributed by atoms with van der Waals surface area (Å²) in [6.45, 7) is 4.13. The van der Waals surface area contributed by atoms with E-state index in [1.54, 1.807) is 0 Å². The number of hydrogen-bond donors (Lipinski definition) is 1. The molecule has 1 aromatic carbocycles. The van der Waals surface area contributed by atoms with Gasteiger partial charge in [0.1, 0.15) is 24.0 Å². The average Bonchev–Trinajstić information content (AvgIpc) is 2.44. The number of aryl methyl sites for hydroxylation is 2. The Morgan fingerprint density at radius 2 is 2.00 bits per heavy atom. The second-order valence-electron chi connectivity index (χ2n) is 4.52. The molecule has 1 heterocycles. The molecule has 1 N–H and O–H groups in total. The summed E-state index contributed by atoms with van der Waals surface area (Å²) in [4.78, 5) is 10.7. The maximum atomic E-state index is 8.62. The van der Waals surface area contributed by atoms with Crippen LogP contribution < -0.4 is 10.2 Å². The van der Waals surface area contributed by atoms with Crippen molar-refractivity contribution < 1.29 is 0 Å². The molecule has 0 spiro atoms. The highest BCUT2D eigenvalue weighted by atomic mass is 15.2. The van der Waals surface area contributed by atoms with Crippen molar-refractivity contribution in [2.75, 3.05) is 23.8 Å². The number of nitriles is 1. The molecule has 0 unspecified atom stereocenters. The molecule has 2 rings (SSSR count). The Hall–Kier alpha value is -2.61. The third-order valence-corrected chi connectivity index (χ3v) is 2.99. The molecular formula is C15H17N5. The van der Waals surface area contributed by atoms with Gasteiger partial charge in [0.25, 0.3) is 0 Å². The second-order valence-corrected chi connectivity index (χ2v) is 4.52. The van der Waals surface area contributed by atoms with Crippen molar-refractivity contribution in [2.24, 2.45) is 0 Å². The fraction of sp³-hybridized carbons (Fsp3) is 0.267. The molecule has 0 aliphatic heterocycles. The van der Waals surface area contributed by atoms with Gasteiger partial charge in [-0.05, 0) is 25.5 Å². The first-order chi connectivity index (χ1) is 9.61. The molecular weight excluding hydrogens is 250 g/mol. The smallest absolute Gasteiger partial charge is 0.138 e. The van der Waals surface area contributed by atoms with E-state index in [1.165, 1.54) is 5.56 Å². The first-order valence-corrected chi connectivity index (χ1v) is 6.37. The quantitative estimate of drug-likeness (QED) is 0.863. The van der Waals surface area contributed by atoms with Gasteiger partial charge in [0.15, 0.2) is 0 Å². The van der Waals surface area contributed by atoms with Gasteiger partial charge in [-0.2, -0.15) is 5.26 Å². The molecule has 0 atom stereocenters. The first kappa shape index (κ1) is 13.8. The highest BCUT2D eigenvalue weighted by Gasteiger charge is 2.10. The number of nitrogens with one attached hydrogen (secondary N) is 1. The zero-order valence-corrected chi connectivity index (χ0v) is 11.9. The minimum Gasteiger partial charge on any atom is -0.357 e. The predicted octanol–water partition coefficient (Wildman–Crippen LogP) is 2.80. The van der Waals surface area contributed by atoms with E-state index in [4.69, 9.17) is 5.26 Å². The summed E-state index contributed by atoms with van der Waals surface area (Å²) < 4.78 is 0. The van der Waals surface area contributed by atoms with Crippen LogP contribution in [0.15, 0.2) is 30.3 Å². The summed E-state index contributed by atoms with van der Waals surface area (Å²) >= 11 is 0. The van der Waals surface area contributed by atoms with Crippen LogP contribution in [-0.2, 0) is 0 Å². The molecule has 1 aromatic heterocycles. The molecule has 0 aliphatic rings. The maximum absolute atomic E-state index is 8.62. The third kappa shape index (κ3) is 3.04. The SMILES string of the molecule is Cc1nc(NCC#N)cc(N(C)c2ccccc2C)n1. The van der Waals surface area contributed by atoms with Crippen molar-refractivity contribution in [1.29, 1.82) is 5.26 Å². The van der Waals surface area contributed by atoms with E-state index in [2.05, 4.69) is 34.3 Å². The molecule has 102 valence electrons. The minimum absolute atomic E-state index is 0.226. The fourth-order valence-electron chi connectivity index (χ4n) is 2.01. The molecule has 5 nitrogen and oxygen atoms in total. The number of nitrogens with zero attached hydrogens (tertiary/aromatic N) is 4. The second kappa shape index (κ2) is 6.02. The molecule has 2 aromatic rings. The van der Waals surface area contributed by atoms with Crippen LogP contribution in [0.5, 0.6) is 0 Å². The van der Waals surface area contributed by atoms with E-state index >= 15 is 0 Å². The number of anilines is 3. The van der Waals surface area contributed by atoms with Crippen molar-refractivity contribution in [2.45, 2.75) is 13.8 Å². The zero-order valence-electron chi connectivity index (χ0n) is 11.9. The molecule has 5 heteroatoms. The standard InChI is InChI=1S/C15H17N5/c1-11-6-4-5-7-13(11)20(3)15-10-14(17-9-8-16)18-12(2)19-15/h4-7,10H,9H2,1-3H3,(H,17,18,19). The Balaban J connectivity index is 2.35. The van der Waals surface area contributed by atoms with Crippen molar-refractivity contribution in [3.05, 3.63) is 41.7 Å². The van der Waals surface area contributed by atoms with Gasteiger partial charge in [0.05, 0.1) is 6.07 Å². The third-order valence-electron chi connectivity index (χ3n) is 2.99. The van der Waals surface area contributed by atoms with Crippen LogP contribution >= 0.6 is 0 Å². The lowest BCUT2D eigenvalue weighted by Crippen LogP contribution is -2.14. The van der Waals surface area contributed by atoms with E-state index in [9.17, 15) is 0 Å². The number of aromatic nitrogens is 2. The highest BCUT2D eigenvalue weighted by molar-refractivity contribution is 5.64. The summed E-state index contributed by atoms with van der Waals surface area (Å²) in [5.41, 5.74) is 2.27. The Morgan fingerprint density at radius 1 is 1.25 bits per heavy atom. The maximum Gasteiger partial charge on any atom is 0.138 e. The topological polar surface area (TPSA) is 64.8 Å². The lowest BCUT2D eigenvalue weighted by Gasteiger charge is -2.21. The van der Waals surface area contributed by atoms with Crippen molar-refractivity contribution >= 4 is 17.3 Å². The van der Waals surface area contributed by atoms with Crippen LogP contribution in [0.3, 0.4) is 0 Å². The van der Waals surface area contributed by atoms with Gasteiger partial charge in [-0.1, -0.05) is 18.2 Å². The van der Waals surface area contributed by atoms with Crippen LogP contribution in [-0.4, -0.2) is 23.6 Å².